The maximum atomic E-state index is 12.9. The van der Waals surface area contributed by atoms with Crippen LogP contribution < -0.4 is 5.11 Å². The maximum absolute atomic E-state index is 12.9. The zero-order valence-corrected chi connectivity index (χ0v) is 54.8. The van der Waals surface area contributed by atoms with Gasteiger partial charge in [-0.15, -0.1) is 0 Å². The van der Waals surface area contributed by atoms with Gasteiger partial charge >= 0.3 is 11.9 Å². The van der Waals surface area contributed by atoms with Crippen LogP contribution >= 0.6 is 0 Å². The van der Waals surface area contributed by atoms with Crippen LogP contribution in [0.4, 0.5) is 0 Å². The van der Waals surface area contributed by atoms with Crippen LogP contribution in [0.15, 0.2) is 85.1 Å². The molecule has 0 aromatic heterocycles. The van der Waals surface area contributed by atoms with Crippen LogP contribution in [-0.4, -0.2) is 82.3 Å². The Morgan fingerprint density at radius 1 is 0.373 bits per heavy atom. The van der Waals surface area contributed by atoms with Crippen molar-refractivity contribution >= 4 is 17.9 Å². The maximum Gasteiger partial charge on any atom is 0.306 e. The first-order valence-electron chi connectivity index (χ1n) is 34.7. The Balaban J connectivity index is 4.09. The van der Waals surface area contributed by atoms with E-state index >= 15 is 0 Å². The summed E-state index contributed by atoms with van der Waals surface area (Å²) in [5.74, 6) is -2.27. The summed E-state index contributed by atoms with van der Waals surface area (Å²) in [5, 5.41) is 11.8. The van der Waals surface area contributed by atoms with Crippen molar-refractivity contribution in [3.8, 4) is 0 Å². The van der Waals surface area contributed by atoms with Crippen LogP contribution in [0.5, 0.6) is 0 Å². The minimum Gasteiger partial charge on any atom is -0.545 e. The molecule has 0 aliphatic heterocycles. The number of rotatable bonds is 64. The minimum absolute atomic E-state index is 0.146. The van der Waals surface area contributed by atoms with Crippen molar-refractivity contribution in [2.45, 2.75) is 322 Å². The van der Waals surface area contributed by atoms with Gasteiger partial charge in [-0.05, 0) is 89.9 Å². The van der Waals surface area contributed by atoms with E-state index in [4.69, 9.17) is 18.9 Å². The second kappa shape index (κ2) is 64.5. The number of allylic oxidation sites excluding steroid dienone is 14. The van der Waals surface area contributed by atoms with Gasteiger partial charge in [0.1, 0.15) is 13.2 Å². The number of carbonyl (C=O) groups is 3. The van der Waals surface area contributed by atoms with Gasteiger partial charge in [-0.3, -0.25) is 9.59 Å². The third-order valence-electron chi connectivity index (χ3n) is 15.1. The highest BCUT2D eigenvalue weighted by Crippen LogP contribution is 2.18. The Bertz CT molecular complexity index is 1640. The molecule has 0 N–H and O–H groups in total. The molecule has 0 fully saturated rings. The number of carboxylic acids is 1. The minimum atomic E-state index is -1.62. The van der Waals surface area contributed by atoms with E-state index in [1.165, 1.54) is 199 Å². The van der Waals surface area contributed by atoms with Gasteiger partial charge < -0.3 is 33.3 Å². The van der Waals surface area contributed by atoms with Gasteiger partial charge in [-0.25, -0.2) is 0 Å². The highest BCUT2D eigenvalue weighted by molar-refractivity contribution is 5.70. The van der Waals surface area contributed by atoms with Crippen molar-refractivity contribution in [3.63, 3.8) is 0 Å². The molecule has 0 radical (unpaired) electrons. The molecule has 0 aliphatic rings. The zero-order valence-electron chi connectivity index (χ0n) is 54.8. The van der Waals surface area contributed by atoms with E-state index in [0.29, 0.717) is 23.9 Å². The van der Waals surface area contributed by atoms with E-state index in [1.807, 2.05) is 21.1 Å². The molecule has 83 heavy (non-hydrogen) atoms. The first-order chi connectivity index (χ1) is 40.6. The number of ether oxygens (including phenoxy) is 4. The highest BCUT2D eigenvalue weighted by Gasteiger charge is 2.22. The number of hydrogen-bond acceptors (Lipinski definition) is 8. The average Bonchev–Trinajstić information content (AvgIpc) is 3.46. The third kappa shape index (κ3) is 65.9. The average molecular weight is 1160 g/mol. The number of likely N-dealkylation sites (N-methyl/N-ethyl adjacent to an activating group) is 1. The van der Waals surface area contributed by atoms with Gasteiger partial charge in [0.15, 0.2) is 12.4 Å². The molecule has 0 saturated carbocycles. The van der Waals surface area contributed by atoms with Gasteiger partial charge in [0.2, 0.25) is 0 Å². The fourth-order valence-corrected chi connectivity index (χ4v) is 9.83. The fourth-order valence-electron chi connectivity index (χ4n) is 9.83. The van der Waals surface area contributed by atoms with E-state index < -0.39 is 24.3 Å². The largest absolute Gasteiger partial charge is 0.545 e. The quantitative estimate of drug-likeness (QED) is 0.0195. The number of aliphatic carboxylic acids is 1. The lowest BCUT2D eigenvalue weighted by molar-refractivity contribution is -0.870. The molecular weight excluding hydrogens is 1030 g/mol. The molecule has 0 heterocycles. The summed E-state index contributed by atoms with van der Waals surface area (Å²) in [4.78, 5) is 37.5. The number of esters is 2. The van der Waals surface area contributed by atoms with Gasteiger partial charge in [0.05, 0.1) is 40.3 Å². The molecule has 0 saturated heterocycles. The third-order valence-corrected chi connectivity index (χ3v) is 15.1. The molecule has 0 aromatic rings. The summed E-state index contributed by atoms with van der Waals surface area (Å²) in [7, 11) is 5.93. The number of carbonyl (C=O) groups excluding carboxylic acids is 3. The highest BCUT2D eigenvalue weighted by atomic mass is 16.7. The molecule has 2 atom stereocenters. The zero-order chi connectivity index (χ0) is 60.5. The van der Waals surface area contributed by atoms with Crippen molar-refractivity contribution < 1.29 is 42.9 Å². The van der Waals surface area contributed by atoms with Gasteiger partial charge in [0.25, 0.3) is 0 Å². The fraction of sp³-hybridized carbons (Fsp3) is 0.770. The van der Waals surface area contributed by atoms with E-state index in [9.17, 15) is 19.5 Å². The summed E-state index contributed by atoms with van der Waals surface area (Å²) in [6.07, 6.45) is 83.7. The molecule has 0 aliphatic carbocycles. The van der Waals surface area contributed by atoms with Gasteiger partial charge in [0, 0.05) is 12.8 Å². The van der Waals surface area contributed by atoms with Crippen molar-refractivity contribution in [2.75, 3.05) is 47.5 Å². The normalized spacial score (nSPS) is 13.2. The SMILES string of the molecule is CC/C=C\C/C=C\C/C=C\C/C=C\CCCCCCCCCCCCCCC(=O)OC(COC(=O)CCCCCCCCCCCCCCCCCCCC/C=C\C/C=C\C/C=C\CCCCCCC)COC(OCC[N+](C)(C)C)C(=O)[O-]. The molecule has 0 bridgehead atoms. The monoisotopic (exact) mass is 1160 g/mol. The summed E-state index contributed by atoms with van der Waals surface area (Å²) < 4.78 is 22.8. The van der Waals surface area contributed by atoms with E-state index in [-0.39, 0.29) is 32.2 Å². The second-order valence-electron chi connectivity index (χ2n) is 24.4. The lowest BCUT2D eigenvalue weighted by atomic mass is 10.0. The van der Waals surface area contributed by atoms with Crippen LogP contribution in [0, 0.1) is 0 Å². The molecule has 0 amide bonds. The Hall–Kier alpha value is -3.53. The van der Waals surface area contributed by atoms with Crippen LogP contribution in [0.25, 0.3) is 0 Å². The number of nitrogens with zero attached hydrogens (tertiary/aromatic N) is 1. The van der Waals surface area contributed by atoms with Crippen LogP contribution in [0.3, 0.4) is 0 Å². The Labute approximate surface area is 512 Å². The Morgan fingerprint density at radius 2 is 0.687 bits per heavy atom. The van der Waals surface area contributed by atoms with Crippen molar-refractivity contribution in [1.82, 2.24) is 0 Å². The van der Waals surface area contributed by atoms with E-state index in [2.05, 4.69) is 98.9 Å². The summed E-state index contributed by atoms with van der Waals surface area (Å²) >= 11 is 0. The van der Waals surface area contributed by atoms with Crippen LogP contribution in [-0.2, 0) is 33.3 Å². The first kappa shape index (κ1) is 79.5. The first-order valence-corrected chi connectivity index (χ1v) is 34.7. The summed E-state index contributed by atoms with van der Waals surface area (Å²) in [6.45, 7) is 4.65. The molecule has 0 aromatic carbocycles. The van der Waals surface area contributed by atoms with Crippen LogP contribution in [0.1, 0.15) is 309 Å². The molecule has 480 valence electrons. The molecule has 0 spiro atoms. The summed E-state index contributed by atoms with van der Waals surface area (Å²) in [5.41, 5.74) is 0. The lowest BCUT2D eigenvalue weighted by Gasteiger charge is -2.26. The number of quaternary nitrogens is 1. The van der Waals surface area contributed by atoms with Gasteiger partial charge in [-0.2, -0.15) is 0 Å². The number of carboxylic acid groups (broad SMARTS) is 1. The lowest BCUT2D eigenvalue weighted by Crippen LogP contribution is -2.44. The predicted molar refractivity (Wildman–Crippen MR) is 352 cm³/mol. The Morgan fingerprint density at radius 3 is 1.02 bits per heavy atom. The molecular formula is C74H131NO8. The van der Waals surface area contributed by atoms with Crippen molar-refractivity contribution in [1.29, 1.82) is 0 Å². The van der Waals surface area contributed by atoms with E-state index in [0.717, 1.165) is 77.0 Å². The van der Waals surface area contributed by atoms with Gasteiger partial charge in [-0.1, -0.05) is 292 Å². The van der Waals surface area contributed by atoms with Crippen molar-refractivity contribution in [2.24, 2.45) is 0 Å². The Kier molecular flexibility index (Phi) is 61.7. The summed E-state index contributed by atoms with van der Waals surface area (Å²) in [6, 6.07) is 0. The topological polar surface area (TPSA) is 111 Å². The molecule has 2 unspecified atom stereocenters. The van der Waals surface area contributed by atoms with Crippen LogP contribution in [0.2, 0.25) is 0 Å². The molecule has 9 heteroatoms. The molecule has 9 nitrogen and oxygen atoms in total. The standard InChI is InChI=1S/C74H131NO8/c1-6-8-10-12-14-16-18-20-22-24-26-28-30-32-33-34-35-36-37-38-39-41-42-44-46-48-50-52-54-56-58-60-62-64-71(76)81-68-70(69-82-74(73(78)79)80-67-66-75(3,4)5)83-72(77)65-63-61-59-57-55-53-51-49-47-45-43-40-31-29-27-25-23-21-19-17-15-13-11-9-7-2/h9,11,15,17-18,20-21,23-24,26-27,29-30,32,70,74H,6-8,10,12-14,16,19,22,25,28,31,33-69H2,1-5H3/b11-9-,17-15-,20-18-,23-21-,26-24-,29-27-,32-30-. The smallest absolute Gasteiger partial charge is 0.306 e. The van der Waals surface area contributed by atoms with Crippen molar-refractivity contribution in [3.05, 3.63) is 85.1 Å². The molecule has 0 rings (SSSR count). The van der Waals surface area contributed by atoms with E-state index in [1.54, 1.807) is 0 Å². The number of hydrogen-bond donors (Lipinski definition) is 0. The second-order valence-corrected chi connectivity index (χ2v) is 24.4. The predicted octanol–water partition coefficient (Wildman–Crippen LogP) is 20.1. The number of unbranched alkanes of at least 4 members (excludes halogenated alkanes) is 35.